The van der Waals surface area contributed by atoms with Gasteiger partial charge in [-0.3, -0.25) is 4.79 Å². The number of halogens is 3. The second-order valence-electron chi connectivity index (χ2n) is 4.65. The van der Waals surface area contributed by atoms with Crippen LogP contribution >= 0.6 is 0 Å². The Morgan fingerprint density at radius 3 is 1.95 bits per heavy atom. The van der Waals surface area contributed by atoms with E-state index in [1.165, 1.54) is 36.4 Å². The first-order valence-electron chi connectivity index (χ1n) is 6.30. The van der Waals surface area contributed by atoms with Crippen molar-refractivity contribution >= 4 is 11.8 Å². The van der Waals surface area contributed by atoms with Gasteiger partial charge in [-0.25, -0.2) is 4.79 Å². The van der Waals surface area contributed by atoms with Crippen molar-refractivity contribution in [2.75, 3.05) is 0 Å². The Hall–Kier alpha value is -2.63. The summed E-state index contributed by atoms with van der Waals surface area (Å²) >= 11 is 0. The molecule has 0 spiro atoms. The summed E-state index contributed by atoms with van der Waals surface area (Å²) in [5.74, 6) is -1.69. The van der Waals surface area contributed by atoms with Gasteiger partial charge >= 0.3 is 12.1 Å². The maximum atomic E-state index is 12.5. The molecule has 1 N–H and O–H groups in total. The normalized spacial score (nSPS) is 11.2. The van der Waals surface area contributed by atoms with Gasteiger partial charge < -0.3 is 5.11 Å². The summed E-state index contributed by atoms with van der Waals surface area (Å²) in [5.41, 5.74) is -0.498. The Morgan fingerprint density at radius 1 is 0.909 bits per heavy atom. The van der Waals surface area contributed by atoms with Crippen molar-refractivity contribution < 1.29 is 27.9 Å². The number of carboxylic acid groups (broad SMARTS) is 1. The lowest BCUT2D eigenvalue weighted by Crippen LogP contribution is -2.11. The van der Waals surface area contributed by atoms with Crippen molar-refractivity contribution in [1.29, 1.82) is 0 Å². The Labute approximate surface area is 124 Å². The number of rotatable bonds is 4. The molecule has 0 unspecified atom stereocenters. The Bertz CT molecular complexity index is 703. The van der Waals surface area contributed by atoms with Gasteiger partial charge in [0.15, 0.2) is 5.78 Å². The third kappa shape index (κ3) is 3.52. The molecule has 0 heterocycles. The fourth-order valence-corrected chi connectivity index (χ4v) is 2.00. The first kappa shape index (κ1) is 15.8. The van der Waals surface area contributed by atoms with Gasteiger partial charge in [0.2, 0.25) is 0 Å². The molecule has 2 aromatic rings. The fraction of sp³-hybridized carbons (Fsp3) is 0.125. The van der Waals surface area contributed by atoms with Gasteiger partial charge in [-0.2, -0.15) is 13.2 Å². The molecule has 0 amide bonds. The highest BCUT2D eigenvalue weighted by Crippen LogP contribution is 2.29. The molecule has 0 aliphatic heterocycles. The Balaban J connectivity index is 2.21. The van der Waals surface area contributed by atoms with Gasteiger partial charge in [-0.05, 0) is 23.8 Å². The average molecular weight is 308 g/mol. The van der Waals surface area contributed by atoms with Crippen LogP contribution in [0.3, 0.4) is 0 Å². The first-order chi connectivity index (χ1) is 10.3. The summed E-state index contributed by atoms with van der Waals surface area (Å²) in [7, 11) is 0. The molecular formula is C16H11F3O3. The minimum Gasteiger partial charge on any atom is -0.478 e. The molecule has 0 aliphatic carbocycles. The summed E-state index contributed by atoms with van der Waals surface area (Å²) in [6, 6.07) is 9.94. The number of carbonyl (C=O) groups excluding carboxylic acids is 1. The highest BCUT2D eigenvalue weighted by molar-refractivity contribution is 6.06. The molecule has 0 radical (unpaired) electrons. The molecule has 0 fully saturated rings. The van der Waals surface area contributed by atoms with Crippen LogP contribution in [0.15, 0.2) is 48.5 Å². The van der Waals surface area contributed by atoms with E-state index in [-0.39, 0.29) is 17.5 Å². The van der Waals surface area contributed by atoms with E-state index in [4.69, 9.17) is 5.11 Å². The minimum atomic E-state index is -4.43. The topological polar surface area (TPSA) is 54.4 Å². The molecule has 114 valence electrons. The van der Waals surface area contributed by atoms with Crippen molar-refractivity contribution in [2.24, 2.45) is 0 Å². The van der Waals surface area contributed by atoms with Crippen LogP contribution in [-0.4, -0.2) is 16.9 Å². The van der Waals surface area contributed by atoms with Crippen LogP contribution in [-0.2, 0) is 12.6 Å². The van der Waals surface area contributed by atoms with E-state index >= 15 is 0 Å². The summed E-state index contributed by atoms with van der Waals surface area (Å²) in [6.07, 6.45) is -4.60. The zero-order valence-corrected chi connectivity index (χ0v) is 11.2. The monoisotopic (exact) mass is 308 g/mol. The van der Waals surface area contributed by atoms with Crippen LogP contribution in [0.5, 0.6) is 0 Å². The van der Waals surface area contributed by atoms with Crippen LogP contribution in [0.4, 0.5) is 13.2 Å². The van der Waals surface area contributed by atoms with E-state index in [0.29, 0.717) is 5.56 Å². The zero-order valence-electron chi connectivity index (χ0n) is 11.2. The molecule has 0 atom stereocenters. The van der Waals surface area contributed by atoms with Crippen LogP contribution in [0.1, 0.15) is 31.8 Å². The molecule has 2 aromatic carbocycles. The molecule has 0 bridgehead atoms. The first-order valence-corrected chi connectivity index (χ1v) is 6.30. The maximum absolute atomic E-state index is 12.5. The maximum Gasteiger partial charge on any atom is 0.416 e. The van der Waals surface area contributed by atoms with E-state index in [1.54, 1.807) is 0 Å². The minimum absolute atomic E-state index is 0.0369. The van der Waals surface area contributed by atoms with Gasteiger partial charge in [0.05, 0.1) is 11.1 Å². The lowest BCUT2D eigenvalue weighted by Gasteiger charge is -2.08. The van der Waals surface area contributed by atoms with E-state index in [2.05, 4.69) is 0 Å². The molecule has 22 heavy (non-hydrogen) atoms. The summed E-state index contributed by atoms with van der Waals surface area (Å²) in [4.78, 5) is 23.2. The molecule has 0 saturated heterocycles. The Morgan fingerprint density at radius 2 is 1.45 bits per heavy atom. The lowest BCUT2D eigenvalue weighted by atomic mass is 9.98. The predicted octanol–water partition coefficient (Wildman–Crippen LogP) is 3.83. The molecule has 0 saturated carbocycles. The molecule has 2 rings (SSSR count). The molecule has 0 aromatic heterocycles. The van der Waals surface area contributed by atoms with Gasteiger partial charge in [0.1, 0.15) is 0 Å². The third-order valence-electron chi connectivity index (χ3n) is 3.10. The van der Waals surface area contributed by atoms with Gasteiger partial charge in [-0.15, -0.1) is 0 Å². The van der Waals surface area contributed by atoms with E-state index in [0.717, 1.165) is 12.1 Å². The standard InChI is InChI=1S/C16H11F3O3/c17-16(18,19)11-7-5-10(6-8-11)9-14(20)12-3-1-2-4-13(12)15(21)22/h1-8H,9H2,(H,21,22). The van der Waals surface area contributed by atoms with Gasteiger partial charge in [0, 0.05) is 12.0 Å². The van der Waals surface area contributed by atoms with Crippen molar-refractivity contribution in [1.82, 2.24) is 0 Å². The predicted molar refractivity (Wildman–Crippen MR) is 72.9 cm³/mol. The second-order valence-corrected chi connectivity index (χ2v) is 4.65. The number of hydrogen-bond donors (Lipinski definition) is 1. The number of benzene rings is 2. The van der Waals surface area contributed by atoms with E-state index in [9.17, 15) is 22.8 Å². The quantitative estimate of drug-likeness (QED) is 0.873. The highest BCUT2D eigenvalue weighted by Gasteiger charge is 2.30. The smallest absolute Gasteiger partial charge is 0.416 e. The number of alkyl halides is 3. The van der Waals surface area contributed by atoms with E-state index < -0.39 is 23.5 Å². The number of ketones is 1. The second kappa shape index (κ2) is 6.01. The SMILES string of the molecule is O=C(O)c1ccccc1C(=O)Cc1ccc(C(F)(F)F)cc1. The number of carbonyl (C=O) groups is 2. The molecule has 3 nitrogen and oxygen atoms in total. The van der Waals surface area contributed by atoms with Crippen molar-refractivity contribution in [2.45, 2.75) is 12.6 Å². The third-order valence-corrected chi connectivity index (χ3v) is 3.10. The average Bonchev–Trinajstić information content (AvgIpc) is 2.46. The summed E-state index contributed by atoms with van der Waals surface area (Å²) in [6.45, 7) is 0. The zero-order chi connectivity index (χ0) is 16.3. The molecule has 0 aliphatic rings. The van der Waals surface area contributed by atoms with Crippen LogP contribution in [0, 0.1) is 0 Å². The molecular weight excluding hydrogens is 297 g/mol. The largest absolute Gasteiger partial charge is 0.478 e. The van der Waals surface area contributed by atoms with Crippen LogP contribution in [0.25, 0.3) is 0 Å². The Kier molecular flexibility index (Phi) is 4.30. The van der Waals surface area contributed by atoms with Crippen molar-refractivity contribution in [3.05, 3.63) is 70.8 Å². The number of aromatic carboxylic acids is 1. The van der Waals surface area contributed by atoms with Crippen molar-refractivity contribution in [3.63, 3.8) is 0 Å². The van der Waals surface area contributed by atoms with E-state index in [1.807, 2.05) is 0 Å². The summed E-state index contributed by atoms with van der Waals surface area (Å²) < 4.78 is 37.4. The van der Waals surface area contributed by atoms with Crippen LogP contribution < -0.4 is 0 Å². The van der Waals surface area contributed by atoms with Gasteiger partial charge in [0.25, 0.3) is 0 Å². The van der Waals surface area contributed by atoms with Gasteiger partial charge in [-0.1, -0.05) is 30.3 Å². The number of hydrogen-bond acceptors (Lipinski definition) is 2. The number of Topliss-reactive ketones (excluding diaryl/α,β-unsaturated/α-hetero) is 1. The molecule has 6 heteroatoms. The highest BCUT2D eigenvalue weighted by atomic mass is 19.4. The lowest BCUT2D eigenvalue weighted by molar-refractivity contribution is -0.137. The number of carboxylic acids is 1. The van der Waals surface area contributed by atoms with Crippen LogP contribution in [0.2, 0.25) is 0 Å². The van der Waals surface area contributed by atoms with Crippen molar-refractivity contribution in [3.8, 4) is 0 Å². The fourth-order valence-electron chi connectivity index (χ4n) is 2.00. The summed E-state index contributed by atoms with van der Waals surface area (Å²) in [5, 5.41) is 9.03.